The van der Waals surface area contributed by atoms with Crippen LogP contribution in [0.5, 0.6) is 0 Å². The highest BCUT2D eigenvalue weighted by molar-refractivity contribution is 5.86. The molecule has 78 valence electrons. The summed E-state index contributed by atoms with van der Waals surface area (Å²) in [6, 6.07) is 16.8. The van der Waals surface area contributed by atoms with E-state index >= 15 is 0 Å². The van der Waals surface area contributed by atoms with Gasteiger partial charge >= 0.3 is 0 Å². The van der Waals surface area contributed by atoms with Crippen LogP contribution in [-0.4, -0.2) is 4.98 Å². The van der Waals surface area contributed by atoms with Crippen molar-refractivity contribution < 1.29 is 4.39 Å². The van der Waals surface area contributed by atoms with E-state index in [-0.39, 0.29) is 5.82 Å². The molecule has 3 rings (SSSR count). The first-order valence-electron chi connectivity index (χ1n) is 5.17. The van der Waals surface area contributed by atoms with E-state index in [1.807, 2.05) is 42.5 Å². The summed E-state index contributed by atoms with van der Waals surface area (Å²) < 4.78 is 13.5. The summed E-state index contributed by atoms with van der Waals surface area (Å²) in [7, 11) is 0. The second kappa shape index (κ2) is 3.49. The largest absolute Gasteiger partial charge is 0.354 e. The van der Waals surface area contributed by atoms with Gasteiger partial charge in [-0.1, -0.05) is 36.4 Å². The molecule has 1 heterocycles. The van der Waals surface area contributed by atoms with Crippen molar-refractivity contribution in [1.29, 1.82) is 0 Å². The molecule has 0 aliphatic heterocycles. The van der Waals surface area contributed by atoms with Gasteiger partial charge in [0.05, 0.1) is 0 Å². The third-order valence-electron chi connectivity index (χ3n) is 2.70. The van der Waals surface area contributed by atoms with Gasteiger partial charge < -0.3 is 4.98 Å². The Labute approximate surface area is 92.5 Å². The lowest BCUT2D eigenvalue weighted by molar-refractivity contribution is 0.640. The minimum absolute atomic E-state index is 0.184. The molecule has 2 heteroatoms. The maximum absolute atomic E-state index is 13.5. The van der Waals surface area contributed by atoms with Gasteiger partial charge in [0.1, 0.15) is 5.82 Å². The normalized spacial score (nSPS) is 10.8. The molecule has 1 N–H and O–H groups in total. The van der Waals surface area contributed by atoms with Crippen LogP contribution < -0.4 is 0 Å². The molecule has 1 nitrogen and oxygen atoms in total. The molecule has 16 heavy (non-hydrogen) atoms. The van der Waals surface area contributed by atoms with Gasteiger partial charge in [-0.05, 0) is 23.8 Å². The van der Waals surface area contributed by atoms with Crippen LogP contribution in [0.1, 0.15) is 0 Å². The smallest absolute Gasteiger partial charge is 0.132 e. The molecule has 0 amide bonds. The van der Waals surface area contributed by atoms with Crippen molar-refractivity contribution >= 4 is 10.9 Å². The van der Waals surface area contributed by atoms with Crippen LogP contribution in [0.2, 0.25) is 0 Å². The zero-order valence-electron chi connectivity index (χ0n) is 8.57. The van der Waals surface area contributed by atoms with Crippen molar-refractivity contribution in [3.63, 3.8) is 0 Å². The molecule has 0 fully saturated rings. The van der Waals surface area contributed by atoms with Crippen molar-refractivity contribution in [2.45, 2.75) is 0 Å². The van der Waals surface area contributed by atoms with E-state index in [2.05, 4.69) is 4.98 Å². The first-order valence-corrected chi connectivity index (χ1v) is 5.17. The second-order valence-electron chi connectivity index (χ2n) is 3.75. The SMILES string of the molecule is Fc1cccc2[nH]c(-c3ccccc3)cc12. The van der Waals surface area contributed by atoms with E-state index in [0.29, 0.717) is 5.39 Å². The summed E-state index contributed by atoms with van der Waals surface area (Å²) in [4.78, 5) is 3.21. The monoisotopic (exact) mass is 211 g/mol. The molecule has 0 aliphatic rings. The van der Waals surface area contributed by atoms with Gasteiger partial charge in [0.2, 0.25) is 0 Å². The summed E-state index contributed by atoms with van der Waals surface area (Å²) >= 11 is 0. The van der Waals surface area contributed by atoms with Crippen molar-refractivity contribution in [3.8, 4) is 11.3 Å². The highest BCUT2D eigenvalue weighted by Crippen LogP contribution is 2.25. The molecule has 2 aromatic carbocycles. The number of halogens is 1. The number of benzene rings is 2. The molecule has 0 unspecified atom stereocenters. The van der Waals surface area contributed by atoms with Gasteiger partial charge in [0.15, 0.2) is 0 Å². The first-order chi connectivity index (χ1) is 7.84. The number of aromatic nitrogens is 1. The van der Waals surface area contributed by atoms with Crippen molar-refractivity contribution in [2.75, 3.05) is 0 Å². The number of hydrogen-bond acceptors (Lipinski definition) is 0. The van der Waals surface area contributed by atoms with Gasteiger partial charge in [0.25, 0.3) is 0 Å². The van der Waals surface area contributed by atoms with E-state index in [9.17, 15) is 4.39 Å². The van der Waals surface area contributed by atoms with Crippen LogP contribution in [0, 0.1) is 5.82 Å². The second-order valence-corrected chi connectivity index (χ2v) is 3.75. The molecular formula is C14H10FN. The number of nitrogens with one attached hydrogen (secondary N) is 1. The van der Waals surface area contributed by atoms with E-state index in [0.717, 1.165) is 16.8 Å². The summed E-state index contributed by atoms with van der Waals surface area (Å²) in [6.07, 6.45) is 0. The average Bonchev–Trinajstić information content (AvgIpc) is 2.76. The van der Waals surface area contributed by atoms with Crippen LogP contribution in [0.3, 0.4) is 0 Å². The zero-order chi connectivity index (χ0) is 11.0. The van der Waals surface area contributed by atoms with Gasteiger partial charge in [0, 0.05) is 16.6 Å². The highest BCUT2D eigenvalue weighted by atomic mass is 19.1. The van der Waals surface area contributed by atoms with Crippen molar-refractivity contribution in [3.05, 3.63) is 60.4 Å². The molecule has 1 aromatic heterocycles. The Hall–Kier alpha value is -2.09. The number of hydrogen-bond donors (Lipinski definition) is 1. The predicted octanol–water partition coefficient (Wildman–Crippen LogP) is 3.97. The highest BCUT2D eigenvalue weighted by Gasteiger charge is 2.05. The Bertz CT molecular complexity index is 626. The number of rotatable bonds is 1. The molecule has 3 aromatic rings. The lowest BCUT2D eigenvalue weighted by Gasteiger charge is -1.94. The third-order valence-corrected chi connectivity index (χ3v) is 2.70. The fraction of sp³-hybridized carbons (Fsp3) is 0. The molecule has 0 spiro atoms. The van der Waals surface area contributed by atoms with Gasteiger partial charge in [-0.2, -0.15) is 0 Å². The van der Waals surface area contributed by atoms with Crippen molar-refractivity contribution in [1.82, 2.24) is 4.98 Å². The Morgan fingerprint density at radius 2 is 1.69 bits per heavy atom. The quantitative estimate of drug-likeness (QED) is 0.626. The van der Waals surface area contributed by atoms with Gasteiger partial charge in [-0.25, -0.2) is 4.39 Å². The average molecular weight is 211 g/mol. The summed E-state index contributed by atoms with van der Waals surface area (Å²) in [6.45, 7) is 0. The topological polar surface area (TPSA) is 15.8 Å². The summed E-state index contributed by atoms with van der Waals surface area (Å²) in [5.74, 6) is -0.184. The van der Waals surface area contributed by atoms with Gasteiger partial charge in [-0.3, -0.25) is 0 Å². The molecule has 0 aliphatic carbocycles. The minimum atomic E-state index is -0.184. The summed E-state index contributed by atoms with van der Waals surface area (Å²) in [5, 5.41) is 0.640. The van der Waals surface area contributed by atoms with E-state index in [1.165, 1.54) is 6.07 Å². The standard InChI is InChI=1S/C14H10FN/c15-12-7-4-8-13-11(12)9-14(16-13)10-5-2-1-3-6-10/h1-9,16H. The molecule has 0 atom stereocenters. The molecule has 0 saturated carbocycles. The fourth-order valence-corrected chi connectivity index (χ4v) is 1.89. The molecule has 0 saturated heterocycles. The molecule has 0 bridgehead atoms. The van der Waals surface area contributed by atoms with E-state index in [4.69, 9.17) is 0 Å². The van der Waals surface area contributed by atoms with E-state index in [1.54, 1.807) is 6.07 Å². The number of aromatic amines is 1. The molecular weight excluding hydrogens is 201 g/mol. The van der Waals surface area contributed by atoms with Crippen LogP contribution >= 0.6 is 0 Å². The summed E-state index contributed by atoms with van der Waals surface area (Å²) in [5.41, 5.74) is 2.85. The van der Waals surface area contributed by atoms with E-state index < -0.39 is 0 Å². The maximum Gasteiger partial charge on any atom is 0.132 e. The number of fused-ring (bicyclic) bond motifs is 1. The van der Waals surface area contributed by atoms with Crippen molar-refractivity contribution in [2.24, 2.45) is 0 Å². The Morgan fingerprint density at radius 3 is 2.44 bits per heavy atom. The van der Waals surface area contributed by atoms with Crippen LogP contribution in [0.25, 0.3) is 22.2 Å². The molecule has 0 radical (unpaired) electrons. The van der Waals surface area contributed by atoms with Crippen LogP contribution in [-0.2, 0) is 0 Å². The third kappa shape index (κ3) is 1.39. The Kier molecular flexibility index (Phi) is 2.00. The first kappa shape index (κ1) is 9.16. The fourth-order valence-electron chi connectivity index (χ4n) is 1.89. The predicted molar refractivity (Wildman–Crippen MR) is 63.7 cm³/mol. The lowest BCUT2D eigenvalue weighted by atomic mass is 10.1. The lowest BCUT2D eigenvalue weighted by Crippen LogP contribution is -1.74. The number of H-pyrrole nitrogens is 1. The van der Waals surface area contributed by atoms with Crippen LogP contribution in [0.4, 0.5) is 4.39 Å². The maximum atomic E-state index is 13.5. The Morgan fingerprint density at radius 1 is 0.875 bits per heavy atom. The zero-order valence-corrected chi connectivity index (χ0v) is 8.57. The minimum Gasteiger partial charge on any atom is -0.354 e. The van der Waals surface area contributed by atoms with Crippen LogP contribution in [0.15, 0.2) is 54.6 Å². The Balaban J connectivity index is 2.23. The van der Waals surface area contributed by atoms with Gasteiger partial charge in [-0.15, -0.1) is 0 Å².